The number of amides is 1. The van der Waals surface area contributed by atoms with E-state index in [-0.39, 0.29) is 11.8 Å². The van der Waals surface area contributed by atoms with Gasteiger partial charge in [-0.1, -0.05) is 12.8 Å². The fourth-order valence-electron chi connectivity index (χ4n) is 2.96. The molecule has 0 aliphatic heterocycles. The Morgan fingerprint density at radius 2 is 1.94 bits per heavy atom. The van der Waals surface area contributed by atoms with Gasteiger partial charge in [0.1, 0.15) is 0 Å². The summed E-state index contributed by atoms with van der Waals surface area (Å²) in [6.07, 6.45) is 10.9. The third-order valence-electron chi connectivity index (χ3n) is 4.38. The van der Waals surface area contributed by atoms with Crippen LogP contribution in [0, 0.1) is 17.8 Å². The molecule has 0 aromatic carbocycles. The first-order valence-electron chi connectivity index (χ1n) is 6.64. The number of anilines is 1. The van der Waals surface area contributed by atoms with Gasteiger partial charge in [0.2, 0.25) is 5.91 Å². The van der Waals surface area contributed by atoms with Crippen molar-refractivity contribution in [2.75, 3.05) is 5.32 Å². The number of carbonyl (C=O) groups excluding carboxylic acids is 1. The van der Waals surface area contributed by atoms with Gasteiger partial charge in [-0.2, -0.15) is 5.10 Å². The lowest BCUT2D eigenvalue weighted by Gasteiger charge is -2.41. The molecule has 17 heavy (non-hydrogen) atoms. The van der Waals surface area contributed by atoms with Gasteiger partial charge in [0, 0.05) is 12.1 Å². The van der Waals surface area contributed by atoms with Gasteiger partial charge in [0.25, 0.3) is 0 Å². The van der Waals surface area contributed by atoms with Gasteiger partial charge >= 0.3 is 0 Å². The summed E-state index contributed by atoms with van der Waals surface area (Å²) in [6.45, 7) is 0. The average Bonchev–Trinajstić information content (AvgIpc) is 2.63. The third-order valence-corrected chi connectivity index (χ3v) is 4.38. The maximum Gasteiger partial charge on any atom is 0.228 e. The summed E-state index contributed by atoms with van der Waals surface area (Å²) in [6, 6.07) is 0. The molecule has 3 rings (SSSR count). The van der Waals surface area contributed by atoms with Crippen molar-refractivity contribution in [2.24, 2.45) is 17.8 Å². The van der Waals surface area contributed by atoms with E-state index in [1.807, 2.05) is 0 Å². The highest BCUT2D eigenvalue weighted by Gasteiger charge is 2.40. The first-order valence-corrected chi connectivity index (χ1v) is 6.64. The molecule has 2 N–H and O–H groups in total. The van der Waals surface area contributed by atoms with E-state index in [1.54, 1.807) is 12.4 Å². The van der Waals surface area contributed by atoms with Gasteiger partial charge in [0.05, 0.1) is 11.9 Å². The van der Waals surface area contributed by atoms with E-state index in [2.05, 4.69) is 15.5 Å². The van der Waals surface area contributed by atoms with Crippen LogP contribution in [0.3, 0.4) is 0 Å². The predicted octanol–water partition coefficient (Wildman–Crippen LogP) is 2.56. The molecule has 4 nitrogen and oxygen atoms in total. The van der Waals surface area contributed by atoms with Crippen LogP contribution in [0.4, 0.5) is 5.69 Å². The maximum atomic E-state index is 12.3. The summed E-state index contributed by atoms with van der Waals surface area (Å²) >= 11 is 0. The number of hydrogen-bond donors (Lipinski definition) is 2. The largest absolute Gasteiger partial charge is 0.323 e. The first kappa shape index (κ1) is 10.8. The third kappa shape index (κ3) is 2.08. The number of carbonyl (C=O) groups is 1. The van der Waals surface area contributed by atoms with E-state index < -0.39 is 0 Å². The van der Waals surface area contributed by atoms with Crippen molar-refractivity contribution >= 4 is 11.6 Å². The minimum absolute atomic E-state index is 0.209. The van der Waals surface area contributed by atoms with Crippen LogP contribution in [0.25, 0.3) is 0 Å². The lowest BCUT2D eigenvalue weighted by molar-refractivity contribution is -0.126. The van der Waals surface area contributed by atoms with Crippen molar-refractivity contribution < 1.29 is 4.79 Å². The van der Waals surface area contributed by atoms with Gasteiger partial charge < -0.3 is 5.32 Å². The highest BCUT2D eigenvalue weighted by atomic mass is 16.1. The molecule has 1 heterocycles. The fourth-order valence-corrected chi connectivity index (χ4v) is 2.96. The summed E-state index contributed by atoms with van der Waals surface area (Å²) in [5.41, 5.74) is 0.790. The quantitative estimate of drug-likeness (QED) is 0.839. The molecule has 0 radical (unpaired) electrons. The zero-order chi connectivity index (χ0) is 11.7. The number of H-pyrrole nitrogens is 1. The van der Waals surface area contributed by atoms with E-state index >= 15 is 0 Å². The molecule has 0 unspecified atom stereocenters. The molecule has 2 fully saturated rings. The molecule has 2 aliphatic carbocycles. The number of nitrogens with one attached hydrogen (secondary N) is 2. The molecular weight excluding hydrogens is 214 g/mol. The topological polar surface area (TPSA) is 57.8 Å². The summed E-state index contributed by atoms with van der Waals surface area (Å²) in [5.74, 6) is 1.72. The van der Waals surface area contributed by atoms with Crippen LogP contribution in [0.2, 0.25) is 0 Å². The molecule has 2 aliphatic rings. The Bertz CT molecular complexity index is 365. The van der Waals surface area contributed by atoms with Crippen molar-refractivity contribution in [2.45, 2.75) is 38.5 Å². The Morgan fingerprint density at radius 3 is 2.35 bits per heavy atom. The number of aromatic amines is 1. The Morgan fingerprint density at radius 1 is 1.29 bits per heavy atom. The van der Waals surface area contributed by atoms with Crippen LogP contribution in [-0.4, -0.2) is 16.1 Å². The van der Waals surface area contributed by atoms with Gasteiger partial charge in [-0.05, 0) is 37.5 Å². The highest BCUT2D eigenvalue weighted by Crippen LogP contribution is 2.44. The molecule has 0 saturated heterocycles. The van der Waals surface area contributed by atoms with Gasteiger partial charge in [-0.25, -0.2) is 0 Å². The molecule has 2 saturated carbocycles. The highest BCUT2D eigenvalue weighted by molar-refractivity contribution is 5.92. The Labute approximate surface area is 101 Å². The fraction of sp³-hybridized carbons (Fsp3) is 0.692. The lowest BCUT2D eigenvalue weighted by Crippen LogP contribution is -2.40. The Hall–Kier alpha value is -1.32. The second kappa shape index (κ2) is 4.51. The number of hydrogen-bond acceptors (Lipinski definition) is 2. The monoisotopic (exact) mass is 233 g/mol. The molecular formula is C13H19N3O. The second-order valence-corrected chi connectivity index (χ2v) is 5.38. The van der Waals surface area contributed by atoms with Crippen LogP contribution >= 0.6 is 0 Å². The molecule has 0 bridgehead atoms. The second-order valence-electron chi connectivity index (χ2n) is 5.38. The van der Waals surface area contributed by atoms with Gasteiger partial charge in [-0.3, -0.25) is 9.89 Å². The van der Waals surface area contributed by atoms with E-state index in [4.69, 9.17) is 0 Å². The minimum atomic E-state index is 0.209. The van der Waals surface area contributed by atoms with Gasteiger partial charge in [0.15, 0.2) is 0 Å². The van der Waals surface area contributed by atoms with Crippen LogP contribution in [0.5, 0.6) is 0 Å². The molecule has 0 atom stereocenters. The Kier molecular flexibility index (Phi) is 2.87. The molecule has 92 valence electrons. The van der Waals surface area contributed by atoms with Crippen molar-refractivity contribution in [3.8, 4) is 0 Å². The van der Waals surface area contributed by atoms with E-state index in [1.165, 1.54) is 38.5 Å². The number of nitrogens with zero attached hydrogens (tertiary/aromatic N) is 1. The summed E-state index contributed by atoms with van der Waals surface area (Å²) < 4.78 is 0. The maximum absolute atomic E-state index is 12.3. The van der Waals surface area contributed by atoms with E-state index in [9.17, 15) is 4.79 Å². The van der Waals surface area contributed by atoms with Crippen molar-refractivity contribution in [1.82, 2.24) is 10.2 Å². The van der Waals surface area contributed by atoms with Gasteiger partial charge in [-0.15, -0.1) is 0 Å². The minimum Gasteiger partial charge on any atom is -0.323 e. The normalized spacial score (nSPS) is 21.0. The predicted molar refractivity (Wildman–Crippen MR) is 65.4 cm³/mol. The molecule has 1 amide bonds. The van der Waals surface area contributed by atoms with E-state index in [0.717, 1.165) is 5.69 Å². The zero-order valence-corrected chi connectivity index (χ0v) is 9.98. The number of rotatable bonds is 4. The Balaban J connectivity index is 1.67. The first-order chi connectivity index (χ1) is 8.34. The van der Waals surface area contributed by atoms with Crippen molar-refractivity contribution in [3.05, 3.63) is 12.4 Å². The SMILES string of the molecule is O=C(Nc1cn[nH]c1)C(C1CCC1)C1CCC1. The average molecular weight is 233 g/mol. The summed E-state index contributed by atoms with van der Waals surface area (Å²) in [7, 11) is 0. The van der Waals surface area contributed by atoms with E-state index in [0.29, 0.717) is 11.8 Å². The number of aromatic nitrogens is 2. The van der Waals surface area contributed by atoms with Crippen LogP contribution < -0.4 is 5.32 Å². The summed E-state index contributed by atoms with van der Waals surface area (Å²) in [4.78, 5) is 12.3. The summed E-state index contributed by atoms with van der Waals surface area (Å²) in [5, 5.41) is 9.56. The smallest absolute Gasteiger partial charge is 0.228 e. The van der Waals surface area contributed by atoms with Crippen molar-refractivity contribution in [3.63, 3.8) is 0 Å². The van der Waals surface area contributed by atoms with Crippen LogP contribution in [0.1, 0.15) is 38.5 Å². The lowest BCUT2D eigenvalue weighted by atomic mass is 9.64. The van der Waals surface area contributed by atoms with Crippen molar-refractivity contribution in [1.29, 1.82) is 0 Å². The molecule has 0 spiro atoms. The molecule has 4 heteroatoms. The standard InChI is InChI=1S/C13H19N3O/c17-13(16-11-7-14-15-8-11)12(9-3-1-4-9)10-5-2-6-10/h7-10,12H,1-6H2,(H,14,15)(H,16,17). The zero-order valence-electron chi connectivity index (χ0n) is 9.98. The van der Waals surface area contributed by atoms with Crippen LogP contribution in [-0.2, 0) is 4.79 Å². The molecule has 1 aromatic rings. The molecule has 1 aromatic heterocycles. The van der Waals surface area contributed by atoms with Crippen LogP contribution in [0.15, 0.2) is 12.4 Å².